The van der Waals surface area contributed by atoms with Gasteiger partial charge in [-0.05, 0) is 42.7 Å². The van der Waals surface area contributed by atoms with Crippen molar-refractivity contribution >= 4 is 23.3 Å². The highest BCUT2D eigenvalue weighted by atomic mass is 16.2. The topological polar surface area (TPSA) is 76.0 Å². The molecule has 0 radical (unpaired) electrons. The molecular weight excluding hydrogens is 340 g/mol. The summed E-state index contributed by atoms with van der Waals surface area (Å²) in [5.41, 5.74) is 4.29. The highest BCUT2D eigenvalue weighted by Gasteiger charge is 2.54. The highest BCUT2D eigenvalue weighted by molar-refractivity contribution is 6.14. The van der Waals surface area contributed by atoms with Gasteiger partial charge in [0, 0.05) is 17.7 Å². The molecule has 2 amide bonds. The molecular formula is C21H18N4O2. The lowest BCUT2D eigenvalue weighted by atomic mass is 9.72. The second-order valence-electron chi connectivity index (χ2n) is 7.24. The number of carbonyl (C=O) groups is 2. The molecule has 0 saturated heterocycles. The normalized spacial score (nSPS) is 20.2. The Morgan fingerprint density at radius 2 is 1.85 bits per heavy atom. The smallest absolute Gasteiger partial charge is 0.240 e. The second kappa shape index (κ2) is 5.30. The van der Waals surface area contributed by atoms with Crippen LogP contribution in [0, 0.1) is 13.8 Å². The first-order valence-corrected chi connectivity index (χ1v) is 8.87. The van der Waals surface area contributed by atoms with E-state index in [2.05, 4.69) is 15.7 Å². The summed E-state index contributed by atoms with van der Waals surface area (Å²) < 4.78 is 1.73. The van der Waals surface area contributed by atoms with Gasteiger partial charge in [0.25, 0.3) is 0 Å². The predicted molar refractivity (Wildman–Crippen MR) is 102 cm³/mol. The Hall–Kier alpha value is -3.41. The quantitative estimate of drug-likeness (QED) is 0.702. The molecule has 6 nitrogen and oxygen atoms in total. The van der Waals surface area contributed by atoms with Crippen LogP contribution in [0.2, 0.25) is 0 Å². The van der Waals surface area contributed by atoms with E-state index in [4.69, 9.17) is 0 Å². The molecule has 2 aromatic carbocycles. The highest BCUT2D eigenvalue weighted by Crippen LogP contribution is 2.50. The molecule has 0 saturated carbocycles. The minimum atomic E-state index is -1.04. The number of rotatable bonds is 1. The van der Waals surface area contributed by atoms with Gasteiger partial charge in [-0.1, -0.05) is 30.3 Å². The summed E-state index contributed by atoms with van der Waals surface area (Å²) in [6.07, 6.45) is 1.78. The molecule has 3 heterocycles. The maximum Gasteiger partial charge on any atom is 0.240 e. The number of benzene rings is 2. The Balaban J connectivity index is 1.78. The maximum atomic E-state index is 13.1. The lowest BCUT2D eigenvalue weighted by Crippen LogP contribution is -2.43. The van der Waals surface area contributed by atoms with Gasteiger partial charge >= 0.3 is 0 Å². The number of amides is 2. The average Bonchev–Trinajstić information content (AvgIpc) is 3.18. The van der Waals surface area contributed by atoms with Crippen LogP contribution in [-0.2, 0) is 15.0 Å². The van der Waals surface area contributed by atoms with Gasteiger partial charge in [-0.2, -0.15) is 5.10 Å². The van der Waals surface area contributed by atoms with Gasteiger partial charge in [0.1, 0.15) is 11.2 Å². The molecule has 2 aliphatic rings. The molecule has 5 rings (SSSR count). The first-order chi connectivity index (χ1) is 13.0. The fraction of sp³-hybridized carbons (Fsp3) is 0.190. The van der Waals surface area contributed by atoms with E-state index in [1.165, 1.54) is 0 Å². The average molecular weight is 358 g/mol. The number of carbonyl (C=O) groups excluding carboxylic acids is 2. The zero-order chi connectivity index (χ0) is 18.8. The second-order valence-corrected chi connectivity index (χ2v) is 7.24. The van der Waals surface area contributed by atoms with E-state index in [1.54, 1.807) is 10.9 Å². The first kappa shape index (κ1) is 15.8. The molecule has 0 aliphatic carbocycles. The monoisotopic (exact) mass is 358 g/mol. The zero-order valence-corrected chi connectivity index (χ0v) is 15.0. The van der Waals surface area contributed by atoms with Crippen molar-refractivity contribution in [3.63, 3.8) is 0 Å². The van der Waals surface area contributed by atoms with Crippen molar-refractivity contribution in [1.29, 1.82) is 0 Å². The Morgan fingerprint density at radius 1 is 1.04 bits per heavy atom. The summed E-state index contributed by atoms with van der Waals surface area (Å²) >= 11 is 0. The molecule has 1 atom stereocenters. The lowest BCUT2D eigenvalue weighted by Gasteiger charge is -2.31. The molecule has 134 valence electrons. The molecule has 2 aliphatic heterocycles. The Labute approximate surface area is 156 Å². The van der Waals surface area contributed by atoms with Crippen molar-refractivity contribution in [1.82, 2.24) is 9.78 Å². The van der Waals surface area contributed by atoms with Crippen molar-refractivity contribution in [3.05, 3.63) is 70.9 Å². The fourth-order valence-electron chi connectivity index (χ4n) is 4.18. The molecule has 1 spiro atoms. The maximum absolute atomic E-state index is 13.1. The van der Waals surface area contributed by atoms with Crippen LogP contribution >= 0.6 is 0 Å². The minimum absolute atomic E-state index is 0.0708. The van der Waals surface area contributed by atoms with Crippen molar-refractivity contribution in [2.45, 2.75) is 25.7 Å². The Bertz CT molecular complexity index is 1130. The number of aryl methyl sites for hydroxylation is 2. The molecule has 27 heavy (non-hydrogen) atoms. The Kier molecular flexibility index (Phi) is 3.10. The van der Waals surface area contributed by atoms with E-state index < -0.39 is 5.41 Å². The number of nitrogens with one attached hydrogen (secondary N) is 2. The molecule has 0 fully saturated rings. The fourth-order valence-corrected chi connectivity index (χ4v) is 4.18. The van der Waals surface area contributed by atoms with Crippen molar-refractivity contribution < 1.29 is 9.59 Å². The first-order valence-electron chi connectivity index (χ1n) is 8.87. The number of hydrogen-bond acceptors (Lipinski definition) is 3. The van der Waals surface area contributed by atoms with Crippen LogP contribution in [0.15, 0.2) is 48.7 Å². The van der Waals surface area contributed by atoms with E-state index >= 15 is 0 Å². The summed E-state index contributed by atoms with van der Waals surface area (Å²) in [4.78, 5) is 25.7. The molecule has 0 bridgehead atoms. The van der Waals surface area contributed by atoms with E-state index in [0.29, 0.717) is 5.82 Å². The van der Waals surface area contributed by atoms with Gasteiger partial charge in [0.2, 0.25) is 11.8 Å². The minimum Gasteiger partial charge on any atom is -0.325 e. The van der Waals surface area contributed by atoms with Gasteiger partial charge in [-0.3, -0.25) is 9.59 Å². The third kappa shape index (κ3) is 2.04. The summed E-state index contributed by atoms with van der Waals surface area (Å²) in [6.45, 7) is 4.01. The summed E-state index contributed by atoms with van der Waals surface area (Å²) in [6, 6.07) is 13.6. The van der Waals surface area contributed by atoms with Crippen molar-refractivity contribution in [2.24, 2.45) is 0 Å². The summed E-state index contributed by atoms with van der Waals surface area (Å²) in [5, 5.41) is 10.4. The van der Waals surface area contributed by atoms with Gasteiger partial charge in [0.15, 0.2) is 0 Å². The molecule has 1 aromatic heterocycles. The van der Waals surface area contributed by atoms with Gasteiger partial charge in [0.05, 0.1) is 11.9 Å². The van der Waals surface area contributed by atoms with Gasteiger partial charge in [-0.15, -0.1) is 0 Å². The van der Waals surface area contributed by atoms with Crippen molar-refractivity contribution in [2.75, 3.05) is 10.6 Å². The SMILES string of the molecule is Cc1ccc(C)c(-n2ncc3c2NC(=O)CC32C(=O)Nc3ccccc32)c1. The largest absolute Gasteiger partial charge is 0.325 e. The molecule has 1 unspecified atom stereocenters. The van der Waals surface area contributed by atoms with Crippen LogP contribution in [0.1, 0.15) is 28.7 Å². The number of nitrogens with zero attached hydrogens (tertiary/aromatic N) is 2. The summed E-state index contributed by atoms with van der Waals surface area (Å²) in [5.74, 6) is 0.188. The third-order valence-corrected chi connectivity index (χ3v) is 5.53. The van der Waals surface area contributed by atoms with Crippen LogP contribution in [0.25, 0.3) is 5.69 Å². The van der Waals surface area contributed by atoms with Gasteiger partial charge in [-0.25, -0.2) is 4.68 Å². The molecule has 2 N–H and O–H groups in total. The number of fused-ring (bicyclic) bond motifs is 4. The van der Waals surface area contributed by atoms with Crippen LogP contribution < -0.4 is 10.6 Å². The van der Waals surface area contributed by atoms with Crippen LogP contribution in [0.5, 0.6) is 0 Å². The van der Waals surface area contributed by atoms with Gasteiger partial charge < -0.3 is 10.6 Å². The van der Waals surface area contributed by atoms with E-state index in [0.717, 1.165) is 33.6 Å². The van der Waals surface area contributed by atoms with E-state index in [1.807, 2.05) is 56.3 Å². The number of hydrogen-bond donors (Lipinski definition) is 2. The number of aromatic nitrogens is 2. The van der Waals surface area contributed by atoms with Crippen LogP contribution in [0.4, 0.5) is 11.5 Å². The molecule has 3 aromatic rings. The van der Waals surface area contributed by atoms with Crippen LogP contribution in [0.3, 0.4) is 0 Å². The lowest BCUT2D eigenvalue weighted by molar-refractivity contribution is -0.125. The van der Waals surface area contributed by atoms with E-state index in [9.17, 15) is 9.59 Å². The van der Waals surface area contributed by atoms with Crippen LogP contribution in [-0.4, -0.2) is 21.6 Å². The Morgan fingerprint density at radius 3 is 2.70 bits per heavy atom. The summed E-state index contributed by atoms with van der Waals surface area (Å²) in [7, 11) is 0. The third-order valence-electron chi connectivity index (χ3n) is 5.53. The standard InChI is InChI=1S/C21H18N4O2/c1-12-7-8-13(2)17(9-12)25-19-15(11-22-25)21(10-18(26)24-19)14-5-3-4-6-16(14)23-20(21)27/h3-9,11H,10H2,1-2H3,(H,23,27)(H,24,26). The number of para-hydroxylation sites is 1. The predicted octanol–water partition coefficient (Wildman–Crippen LogP) is 3.07. The van der Waals surface area contributed by atoms with Crippen molar-refractivity contribution in [3.8, 4) is 5.69 Å². The zero-order valence-electron chi connectivity index (χ0n) is 15.0. The van der Waals surface area contributed by atoms with E-state index in [-0.39, 0.29) is 18.2 Å². The number of anilines is 2. The molecule has 6 heteroatoms.